The number of thioether (sulfide) groups is 1. The maximum atomic E-state index is 13.3. The number of rotatable bonds is 7. The molecule has 0 aliphatic carbocycles. The van der Waals surface area contributed by atoms with E-state index in [2.05, 4.69) is 36.9 Å². The van der Waals surface area contributed by atoms with Crippen molar-refractivity contribution in [1.29, 1.82) is 0 Å². The fourth-order valence-corrected chi connectivity index (χ4v) is 4.57. The molecule has 1 aromatic heterocycles. The number of thiazole rings is 1. The van der Waals surface area contributed by atoms with Gasteiger partial charge in [0.05, 0.1) is 10.2 Å². The van der Waals surface area contributed by atoms with Gasteiger partial charge in [0.25, 0.3) is 5.91 Å². The number of aryl methyl sites for hydroxylation is 1. The predicted octanol–water partition coefficient (Wildman–Crippen LogP) is 4.93. The Morgan fingerprint density at radius 1 is 1.15 bits per heavy atom. The minimum atomic E-state index is 0.00572. The molecule has 27 heavy (non-hydrogen) atoms. The van der Waals surface area contributed by atoms with Gasteiger partial charge in [0.1, 0.15) is 0 Å². The molecular weight excluding hydrogens is 374 g/mol. The van der Waals surface area contributed by atoms with Gasteiger partial charge >= 0.3 is 0 Å². The number of hydrogen-bond acceptors (Lipinski definition) is 5. The molecule has 0 radical (unpaired) electrons. The van der Waals surface area contributed by atoms with Gasteiger partial charge in [-0.2, -0.15) is 0 Å². The SMILES string of the molecule is CCSc1cccc(C(=O)N(CCN(C)C)c2nc3ccc(C)cc3s2)c1. The summed E-state index contributed by atoms with van der Waals surface area (Å²) in [5.41, 5.74) is 2.86. The number of fused-ring (bicyclic) bond motifs is 1. The fourth-order valence-electron chi connectivity index (χ4n) is 2.76. The van der Waals surface area contributed by atoms with Crippen LogP contribution < -0.4 is 4.90 Å². The third-order valence-electron chi connectivity index (χ3n) is 4.17. The molecule has 0 atom stereocenters. The summed E-state index contributed by atoms with van der Waals surface area (Å²) in [4.78, 5) is 23.1. The number of nitrogens with zero attached hydrogens (tertiary/aromatic N) is 3. The number of carbonyl (C=O) groups is 1. The molecule has 3 rings (SSSR count). The summed E-state index contributed by atoms with van der Waals surface area (Å²) in [5.74, 6) is 0.991. The van der Waals surface area contributed by atoms with E-state index in [1.807, 2.05) is 43.3 Å². The van der Waals surface area contributed by atoms with Crippen LogP contribution in [-0.2, 0) is 0 Å². The first-order chi connectivity index (χ1) is 13.0. The number of carbonyl (C=O) groups excluding carboxylic acids is 1. The van der Waals surface area contributed by atoms with Gasteiger partial charge < -0.3 is 4.90 Å². The summed E-state index contributed by atoms with van der Waals surface area (Å²) in [6.45, 7) is 5.58. The van der Waals surface area contributed by atoms with E-state index in [0.717, 1.165) is 32.5 Å². The summed E-state index contributed by atoms with van der Waals surface area (Å²) >= 11 is 3.32. The Morgan fingerprint density at radius 2 is 1.96 bits per heavy atom. The van der Waals surface area contributed by atoms with E-state index in [0.29, 0.717) is 12.1 Å². The number of amides is 1. The minimum absolute atomic E-state index is 0.00572. The highest BCUT2D eigenvalue weighted by atomic mass is 32.2. The molecule has 0 saturated heterocycles. The van der Waals surface area contributed by atoms with E-state index in [1.165, 1.54) is 5.56 Å². The predicted molar refractivity (Wildman–Crippen MR) is 117 cm³/mol. The Bertz CT molecular complexity index is 936. The zero-order valence-corrected chi connectivity index (χ0v) is 17.9. The molecule has 3 aromatic rings. The number of anilines is 1. The third kappa shape index (κ3) is 4.89. The minimum Gasteiger partial charge on any atom is -0.308 e. The summed E-state index contributed by atoms with van der Waals surface area (Å²) in [5, 5.41) is 0.760. The second-order valence-electron chi connectivity index (χ2n) is 6.69. The average molecular weight is 400 g/mol. The summed E-state index contributed by atoms with van der Waals surface area (Å²) < 4.78 is 1.11. The standard InChI is InChI=1S/C21H25N3OS2/c1-5-26-17-8-6-7-16(14-17)20(25)24(12-11-23(3)4)21-22-18-10-9-15(2)13-19(18)27-21/h6-10,13-14H,5,11-12H2,1-4H3. The van der Waals surface area contributed by atoms with Gasteiger partial charge in [-0.1, -0.05) is 30.4 Å². The van der Waals surface area contributed by atoms with Crippen LogP contribution in [0.1, 0.15) is 22.8 Å². The van der Waals surface area contributed by atoms with Crippen LogP contribution in [-0.4, -0.2) is 48.7 Å². The van der Waals surface area contributed by atoms with Gasteiger partial charge in [0, 0.05) is 23.5 Å². The Kier molecular flexibility index (Phi) is 6.52. The van der Waals surface area contributed by atoms with Crippen LogP contribution in [0.4, 0.5) is 5.13 Å². The number of hydrogen-bond donors (Lipinski definition) is 0. The van der Waals surface area contributed by atoms with E-state index in [4.69, 9.17) is 4.98 Å². The highest BCUT2D eigenvalue weighted by molar-refractivity contribution is 7.99. The van der Waals surface area contributed by atoms with E-state index in [1.54, 1.807) is 23.1 Å². The van der Waals surface area contributed by atoms with Crippen molar-refractivity contribution in [1.82, 2.24) is 9.88 Å². The van der Waals surface area contributed by atoms with Crippen LogP contribution in [0.5, 0.6) is 0 Å². The van der Waals surface area contributed by atoms with Crippen molar-refractivity contribution in [3.05, 3.63) is 53.6 Å². The van der Waals surface area contributed by atoms with Crippen LogP contribution in [0.3, 0.4) is 0 Å². The summed E-state index contributed by atoms with van der Waals surface area (Å²) in [7, 11) is 4.03. The smallest absolute Gasteiger partial charge is 0.260 e. The largest absolute Gasteiger partial charge is 0.308 e. The maximum absolute atomic E-state index is 13.3. The van der Waals surface area contributed by atoms with Crippen molar-refractivity contribution in [3.8, 4) is 0 Å². The van der Waals surface area contributed by atoms with Gasteiger partial charge in [0.15, 0.2) is 5.13 Å². The fraction of sp³-hybridized carbons (Fsp3) is 0.333. The lowest BCUT2D eigenvalue weighted by Crippen LogP contribution is -2.36. The molecule has 1 amide bonds. The molecule has 2 aromatic carbocycles. The zero-order valence-electron chi connectivity index (χ0n) is 16.2. The van der Waals surface area contributed by atoms with Crippen LogP contribution in [0.15, 0.2) is 47.4 Å². The van der Waals surface area contributed by atoms with Gasteiger partial charge in [-0.3, -0.25) is 9.69 Å². The third-order valence-corrected chi connectivity index (χ3v) is 6.09. The van der Waals surface area contributed by atoms with Crippen LogP contribution in [0.2, 0.25) is 0 Å². The van der Waals surface area contributed by atoms with Crippen molar-refractivity contribution in [3.63, 3.8) is 0 Å². The highest BCUT2D eigenvalue weighted by Gasteiger charge is 2.21. The Hall–Kier alpha value is -1.89. The van der Waals surface area contributed by atoms with Crippen LogP contribution in [0.25, 0.3) is 10.2 Å². The van der Waals surface area contributed by atoms with Crippen LogP contribution in [0, 0.1) is 6.92 Å². The van der Waals surface area contributed by atoms with E-state index in [-0.39, 0.29) is 5.91 Å². The number of likely N-dealkylation sites (N-methyl/N-ethyl adjacent to an activating group) is 1. The lowest BCUT2D eigenvalue weighted by molar-refractivity contribution is 0.0985. The lowest BCUT2D eigenvalue weighted by atomic mass is 10.2. The molecule has 142 valence electrons. The molecule has 6 heteroatoms. The number of benzene rings is 2. The molecule has 0 saturated carbocycles. The number of aromatic nitrogens is 1. The van der Waals surface area contributed by atoms with Gasteiger partial charge in [-0.05, 0) is 62.7 Å². The molecule has 0 aliphatic heterocycles. The van der Waals surface area contributed by atoms with Gasteiger partial charge in [-0.25, -0.2) is 4.98 Å². The second kappa shape index (κ2) is 8.87. The first-order valence-corrected chi connectivity index (χ1v) is 10.8. The van der Waals surface area contributed by atoms with Crippen molar-refractivity contribution in [2.45, 2.75) is 18.7 Å². The van der Waals surface area contributed by atoms with Crippen molar-refractivity contribution in [2.75, 3.05) is 37.8 Å². The topological polar surface area (TPSA) is 36.4 Å². The molecule has 0 fully saturated rings. The molecule has 0 N–H and O–H groups in total. The molecule has 0 unspecified atom stereocenters. The quantitative estimate of drug-likeness (QED) is 0.528. The first kappa shape index (κ1) is 19.9. The molecule has 4 nitrogen and oxygen atoms in total. The molecular formula is C21H25N3OS2. The van der Waals surface area contributed by atoms with Crippen molar-refractivity contribution in [2.24, 2.45) is 0 Å². The van der Waals surface area contributed by atoms with E-state index in [9.17, 15) is 4.79 Å². The second-order valence-corrected chi connectivity index (χ2v) is 9.04. The average Bonchev–Trinajstić information content (AvgIpc) is 3.04. The van der Waals surface area contributed by atoms with Crippen LogP contribution >= 0.6 is 23.1 Å². The Balaban J connectivity index is 1.96. The molecule has 0 spiro atoms. The summed E-state index contributed by atoms with van der Waals surface area (Å²) in [6, 6.07) is 14.1. The Labute approximate surface area is 169 Å². The van der Waals surface area contributed by atoms with E-state index < -0.39 is 0 Å². The molecule has 0 aliphatic rings. The summed E-state index contributed by atoms with van der Waals surface area (Å²) in [6.07, 6.45) is 0. The zero-order chi connectivity index (χ0) is 19.4. The lowest BCUT2D eigenvalue weighted by Gasteiger charge is -2.22. The molecule has 1 heterocycles. The van der Waals surface area contributed by atoms with Gasteiger partial charge in [0.2, 0.25) is 0 Å². The van der Waals surface area contributed by atoms with Crippen molar-refractivity contribution < 1.29 is 4.79 Å². The van der Waals surface area contributed by atoms with Crippen molar-refractivity contribution >= 4 is 44.4 Å². The maximum Gasteiger partial charge on any atom is 0.260 e. The highest BCUT2D eigenvalue weighted by Crippen LogP contribution is 2.31. The van der Waals surface area contributed by atoms with E-state index >= 15 is 0 Å². The van der Waals surface area contributed by atoms with Gasteiger partial charge in [-0.15, -0.1) is 11.8 Å². The monoisotopic (exact) mass is 399 g/mol. The normalized spacial score (nSPS) is 11.3. The first-order valence-electron chi connectivity index (χ1n) is 9.04. The Morgan fingerprint density at radius 3 is 2.70 bits per heavy atom. The molecule has 0 bridgehead atoms.